The van der Waals surface area contributed by atoms with Crippen LogP contribution in [-0.2, 0) is 11.3 Å². The highest BCUT2D eigenvalue weighted by atomic mass is 19.1. The summed E-state index contributed by atoms with van der Waals surface area (Å²) >= 11 is 0. The first-order valence-corrected chi connectivity index (χ1v) is 8.98. The Morgan fingerprint density at radius 3 is 2.50 bits per heavy atom. The van der Waals surface area contributed by atoms with Gasteiger partial charge in [0.15, 0.2) is 0 Å². The minimum atomic E-state index is -0.294. The molecule has 2 heterocycles. The molecule has 1 aliphatic carbocycles. The van der Waals surface area contributed by atoms with E-state index >= 15 is 0 Å². The second-order valence-corrected chi connectivity index (χ2v) is 6.90. The highest BCUT2D eigenvalue weighted by molar-refractivity contribution is 5.78. The lowest BCUT2D eigenvalue weighted by molar-refractivity contribution is -0.122. The average Bonchev–Trinajstić information content (AvgIpc) is 3.32. The van der Waals surface area contributed by atoms with Gasteiger partial charge in [-0.15, -0.1) is 10.2 Å². The van der Waals surface area contributed by atoms with Crippen LogP contribution < -0.4 is 5.32 Å². The summed E-state index contributed by atoms with van der Waals surface area (Å²) in [6, 6.07) is 6.41. The molecule has 26 heavy (non-hydrogen) atoms. The number of aromatic nitrogens is 2. The topological polar surface area (TPSA) is 74.5 Å². The van der Waals surface area contributed by atoms with Gasteiger partial charge in [0, 0.05) is 37.8 Å². The van der Waals surface area contributed by atoms with Crippen LogP contribution >= 0.6 is 0 Å². The quantitative estimate of drug-likeness (QED) is 0.837. The molecule has 1 aromatic heterocycles. The summed E-state index contributed by atoms with van der Waals surface area (Å²) in [5, 5.41) is 11.1. The number of nitrogens with one attached hydrogen (secondary N) is 1. The Kier molecular flexibility index (Phi) is 4.94. The van der Waals surface area contributed by atoms with Crippen LogP contribution in [-0.4, -0.2) is 64.7 Å². The van der Waals surface area contributed by atoms with Gasteiger partial charge in [-0.05, 0) is 37.1 Å². The van der Waals surface area contributed by atoms with Crippen molar-refractivity contribution in [3.05, 3.63) is 36.0 Å². The number of hydrogen-bond donors (Lipinski definition) is 1. The molecule has 0 radical (unpaired) electrons. The molecule has 0 bridgehead atoms. The number of rotatable bonds is 6. The maximum atomic E-state index is 13.0. The Morgan fingerprint density at radius 2 is 1.81 bits per heavy atom. The van der Waals surface area contributed by atoms with Crippen LogP contribution in [0, 0.1) is 5.82 Å². The third-order valence-corrected chi connectivity index (χ3v) is 4.69. The second-order valence-electron chi connectivity index (χ2n) is 6.90. The van der Waals surface area contributed by atoms with Crippen LogP contribution in [0.1, 0.15) is 18.7 Å². The van der Waals surface area contributed by atoms with Crippen LogP contribution in [0.4, 0.5) is 4.39 Å². The highest BCUT2D eigenvalue weighted by Crippen LogP contribution is 2.19. The number of benzene rings is 1. The summed E-state index contributed by atoms with van der Waals surface area (Å²) in [6.07, 6.45) is 2.23. The molecule has 1 N–H and O–H groups in total. The standard InChI is InChI=1S/C18H22FN5O2/c19-14-3-1-13(2-4-14)18-22-21-17(26-18)12-24-9-7-23(8-10-24)11-16(25)20-15-5-6-15/h1-4,15H,5-12H2,(H,20,25). The third-order valence-electron chi connectivity index (χ3n) is 4.69. The van der Waals surface area contributed by atoms with Gasteiger partial charge >= 0.3 is 0 Å². The number of amides is 1. The van der Waals surface area contributed by atoms with E-state index in [2.05, 4.69) is 25.3 Å². The molecule has 7 nitrogen and oxygen atoms in total. The van der Waals surface area contributed by atoms with Gasteiger partial charge < -0.3 is 9.73 Å². The van der Waals surface area contributed by atoms with Crippen LogP contribution in [0.2, 0.25) is 0 Å². The molecule has 0 atom stereocenters. The Balaban J connectivity index is 1.25. The molecule has 2 aromatic rings. The first kappa shape index (κ1) is 17.1. The molecule has 0 spiro atoms. The van der Waals surface area contributed by atoms with Crippen molar-refractivity contribution in [3.63, 3.8) is 0 Å². The van der Waals surface area contributed by atoms with E-state index in [1.807, 2.05) is 0 Å². The van der Waals surface area contributed by atoms with Gasteiger partial charge in [0.2, 0.25) is 17.7 Å². The fourth-order valence-electron chi connectivity index (χ4n) is 3.03. The summed E-state index contributed by atoms with van der Waals surface area (Å²) in [5.41, 5.74) is 0.705. The summed E-state index contributed by atoms with van der Waals surface area (Å²) in [6.45, 7) is 4.44. The summed E-state index contributed by atoms with van der Waals surface area (Å²) in [7, 11) is 0. The van der Waals surface area contributed by atoms with Crippen molar-refractivity contribution in [1.29, 1.82) is 0 Å². The lowest BCUT2D eigenvalue weighted by Crippen LogP contribution is -2.49. The molecule has 2 fully saturated rings. The third kappa shape index (κ3) is 4.44. The van der Waals surface area contributed by atoms with E-state index in [1.165, 1.54) is 12.1 Å². The molecule has 1 aromatic carbocycles. The van der Waals surface area contributed by atoms with Gasteiger partial charge in [-0.1, -0.05) is 0 Å². The molecule has 1 amide bonds. The molecule has 4 rings (SSSR count). The predicted octanol–water partition coefficient (Wildman–Crippen LogP) is 1.27. The van der Waals surface area contributed by atoms with Gasteiger partial charge in [-0.2, -0.15) is 0 Å². The molecule has 2 aliphatic rings. The van der Waals surface area contributed by atoms with E-state index < -0.39 is 0 Å². The van der Waals surface area contributed by atoms with Gasteiger partial charge in [0.25, 0.3) is 0 Å². The Bertz CT molecular complexity index is 751. The predicted molar refractivity (Wildman–Crippen MR) is 92.6 cm³/mol. The van der Waals surface area contributed by atoms with Crippen LogP contribution in [0.25, 0.3) is 11.5 Å². The molecule has 1 saturated heterocycles. The molecule has 138 valence electrons. The Hall–Kier alpha value is -2.32. The van der Waals surface area contributed by atoms with Crippen molar-refractivity contribution in [2.45, 2.75) is 25.4 Å². The van der Waals surface area contributed by atoms with Crippen LogP contribution in [0.5, 0.6) is 0 Å². The van der Waals surface area contributed by atoms with E-state index in [0.29, 0.717) is 36.5 Å². The van der Waals surface area contributed by atoms with Gasteiger partial charge in [-0.3, -0.25) is 14.6 Å². The van der Waals surface area contributed by atoms with Gasteiger partial charge in [0.1, 0.15) is 5.82 Å². The number of hydrogen-bond acceptors (Lipinski definition) is 6. The molecule has 1 aliphatic heterocycles. The monoisotopic (exact) mass is 359 g/mol. The summed E-state index contributed by atoms with van der Waals surface area (Å²) < 4.78 is 18.7. The molecule has 1 saturated carbocycles. The van der Waals surface area contributed by atoms with Crippen molar-refractivity contribution in [2.75, 3.05) is 32.7 Å². The first-order chi connectivity index (χ1) is 12.7. The minimum Gasteiger partial charge on any atom is -0.419 e. The first-order valence-electron chi connectivity index (χ1n) is 8.98. The number of piperazine rings is 1. The SMILES string of the molecule is O=C(CN1CCN(Cc2nnc(-c3ccc(F)cc3)o2)CC1)NC1CC1. The summed E-state index contributed by atoms with van der Waals surface area (Å²) in [4.78, 5) is 16.3. The largest absolute Gasteiger partial charge is 0.419 e. The zero-order valence-electron chi connectivity index (χ0n) is 14.5. The number of nitrogens with zero attached hydrogens (tertiary/aromatic N) is 4. The van der Waals surface area contributed by atoms with E-state index in [0.717, 1.165) is 39.0 Å². The normalized spacial score (nSPS) is 18.8. The van der Waals surface area contributed by atoms with Crippen molar-refractivity contribution < 1.29 is 13.6 Å². The zero-order chi connectivity index (χ0) is 17.9. The lowest BCUT2D eigenvalue weighted by Gasteiger charge is -2.33. The van der Waals surface area contributed by atoms with E-state index in [1.54, 1.807) is 12.1 Å². The van der Waals surface area contributed by atoms with Crippen LogP contribution in [0.15, 0.2) is 28.7 Å². The number of carbonyl (C=O) groups is 1. The highest BCUT2D eigenvalue weighted by Gasteiger charge is 2.25. The van der Waals surface area contributed by atoms with Gasteiger partial charge in [0.05, 0.1) is 13.1 Å². The van der Waals surface area contributed by atoms with Crippen molar-refractivity contribution >= 4 is 5.91 Å². The average molecular weight is 359 g/mol. The number of carbonyl (C=O) groups excluding carboxylic acids is 1. The Morgan fingerprint density at radius 1 is 1.12 bits per heavy atom. The molecular formula is C18H22FN5O2. The molecule has 0 unspecified atom stereocenters. The smallest absolute Gasteiger partial charge is 0.247 e. The van der Waals surface area contributed by atoms with Crippen LogP contribution in [0.3, 0.4) is 0 Å². The van der Waals surface area contributed by atoms with E-state index in [9.17, 15) is 9.18 Å². The Labute approximate surface area is 151 Å². The molecular weight excluding hydrogens is 337 g/mol. The second kappa shape index (κ2) is 7.51. The maximum Gasteiger partial charge on any atom is 0.247 e. The number of halogens is 1. The summed E-state index contributed by atoms with van der Waals surface area (Å²) in [5.74, 6) is 0.776. The minimum absolute atomic E-state index is 0.127. The molecule has 8 heteroatoms. The van der Waals surface area contributed by atoms with Crippen molar-refractivity contribution in [3.8, 4) is 11.5 Å². The fourth-order valence-corrected chi connectivity index (χ4v) is 3.03. The van der Waals surface area contributed by atoms with Gasteiger partial charge in [-0.25, -0.2) is 4.39 Å². The fraction of sp³-hybridized carbons (Fsp3) is 0.500. The maximum absolute atomic E-state index is 13.0. The van der Waals surface area contributed by atoms with Crippen molar-refractivity contribution in [2.24, 2.45) is 0 Å². The van der Waals surface area contributed by atoms with E-state index in [-0.39, 0.29) is 11.7 Å². The van der Waals surface area contributed by atoms with Crippen molar-refractivity contribution in [1.82, 2.24) is 25.3 Å². The van der Waals surface area contributed by atoms with E-state index in [4.69, 9.17) is 4.42 Å². The lowest BCUT2D eigenvalue weighted by atomic mass is 10.2. The zero-order valence-corrected chi connectivity index (χ0v) is 14.5.